The quantitative estimate of drug-likeness (QED) is 0.494. The Labute approximate surface area is 56.3 Å². The molecular formula is C6H4N2O2. The van der Waals surface area contributed by atoms with Crippen LogP contribution in [0, 0.1) is 5.21 Å². The van der Waals surface area contributed by atoms with Crippen LogP contribution in [0.1, 0.15) is 0 Å². The average Bonchev–Trinajstić information content (AvgIpc) is 2.27. The van der Waals surface area contributed by atoms with Crippen LogP contribution in [0.3, 0.4) is 0 Å². The SMILES string of the molecule is [O-][n+]1cc2cnccc2o1. The molecule has 0 atom stereocenters. The second-order valence-electron chi connectivity index (χ2n) is 1.92. The molecule has 0 aliphatic heterocycles. The van der Waals surface area contributed by atoms with E-state index in [1.807, 2.05) is 0 Å². The number of hydrogen-bond acceptors (Lipinski definition) is 3. The zero-order valence-electron chi connectivity index (χ0n) is 5.02. The highest BCUT2D eigenvalue weighted by molar-refractivity contribution is 5.72. The van der Waals surface area contributed by atoms with Gasteiger partial charge in [0, 0.05) is 17.3 Å². The maximum absolute atomic E-state index is 10.5. The molecule has 2 aromatic rings. The summed E-state index contributed by atoms with van der Waals surface area (Å²) in [6, 6.07) is 1.64. The van der Waals surface area contributed by atoms with E-state index in [4.69, 9.17) is 0 Å². The largest absolute Gasteiger partial charge is 0.367 e. The molecule has 2 rings (SSSR count). The van der Waals surface area contributed by atoms with Crippen molar-refractivity contribution >= 4 is 11.0 Å². The van der Waals surface area contributed by atoms with Gasteiger partial charge in [-0.25, -0.2) is 0 Å². The molecule has 4 nitrogen and oxygen atoms in total. The molecule has 4 heteroatoms. The number of nitrogens with zero attached hydrogens (tertiary/aromatic N) is 2. The van der Waals surface area contributed by atoms with Crippen molar-refractivity contribution in [3.05, 3.63) is 29.9 Å². The molecule has 0 aliphatic rings. The highest BCUT2D eigenvalue weighted by Gasteiger charge is 1.98. The minimum absolute atomic E-state index is 0.409. The van der Waals surface area contributed by atoms with E-state index in [0.29, 0.717) is 10.5 Å². The summed E-state index contributed by atoms with van der Waals surface area (Å²) in [4.78, 5) is 4.22. The van der Waals surface area contributed by atoms with Crippen LogP contribution in [0.5, 0.6) is 0 Å². The van der Waals surface area contributed by atoms with Gasteiger partial charge in [-0.05, 0) is 6.07 Å². The summed E-state index contributed by atoms with van der Waals surface area (Å²) in [5.74, 6) is 0. The Balaban J connectivity index is 2.88. The van der Waals surface area contributed by atoms with Gasteiger partial charge in [0.1, 0.15) is 0 Å². The van der Waals surface area contributed by atoms with E-state index in [1.54, 1.807) is 18.5 Å². The molecule has 50 valence electrons. The van der Waals surface area contributed by atoms with Crippen LogP contribution in [0.2, 0.25) is 0 Å². The monoisotopic (exact) mass is 136 g/mol. The van der Waals surface area contributed by atoms with Gasteiger partial charge < -0.3 is 4.52 Å². The molecule has 0 bridgehead atoms. The van der Waals surface area contributed by atoms with Crippen molar-refractivity contribution in [1.82, 2.24) is 4.98 Å². The summed E-state index contributed by atoms with van der Waals surface area (Å²) in [6.07, 6.45) is 4.49. The van der Waals surface area contributed by atoms with Crippen molar-refractivity contribution in [2.75, 3.05) is 0 Å². The lowest BCUT2D eigenvalue weighted by Gasteiger charge is -1.81. The predicted molar refractivity (Wildman–Crippen MR) is 33.0 cm³/mol. The molecule has 0 saturated heterocycles. The lowest BCUT2D eigenvalue weighted by atomic mass is 10.4. The standard InChI is InChI=1S/C6H4N2O2/c9-8-4-5-3-7-2-1-6(5)10-8/h1-4H. The molecule has 0 spiro atoms. The van der Waals surface area contributed by atoms with Crippen LogP contribution in [-0.4, -0.2) is 4.98 Å². The maximum atomic E-state index is 10.5. The van der Waals surface area contributed by atoms with Crippen LogP contribution in [0.15, 0.2) is 29.2 Å². The fourth-order valence-corrected chi connectivity index (χ4v) is 0.811. The van der Waals surface area contributed by atoms with Gasteiger partial charge in [0.2, 0.25) is 6.20 Å². The summed E-state index contributed by atoms with van der Waals surface area (Å²) in [5.41, 5.74) is 0.560. The second-order valence-corrected chi connectivity index (χ2v) is 1.92. The summed E-state index contributed by atoms with van der Waals surface area (Å²) in [7, 11) is 0. The highest BCUT2D eigenvalue weighted by atomic mass is 16.7. The smallest absolute Gasteiger partial charge is 0.243 e. The van der Waals surface area contributed by atoms with Crippen molar-refractivity contribution in [2.45, 2.75) is 0 Å². The van der Waals surface area contributed by atoms with Crippen LogP contribution < -0.4 is 4.90 Å². The van der Waals surface area contributed by atoms with Crippen molar-refractivity contribution < 1.29 is 9.43 Å². The highest BCUT2D eigenvalue weighted by Crippen LogP contribution is 2.07. The van der Waals surface area contributed by atoms with E-state index in [-0.39, 0.29) is 0 Å². The molecule has 0 amide bonds. The van der Waals surface area contributed by atoms with Crippen molar-refractivity contribution in [3.63, 3.8) is 0 Å². The predicted octanol–water partition coefficient (Wildman–Crippen LogP) is 0.461. The molecule has 0 aromatic carbocycles. The van der Waals surface area contributed by atoms with E-state index in [1.165, 1.54) is 6.20 Å². The second kappa shape index (κ2) is 1.70. The van der Waals surface area contributed by atoms with Gasteiger partial charge in [-0.2, -0.15) is 0 Å². The topological polar surface area (TPSA) is 53.0 Å². The summed E-state index contributed by atoms with van der Waals surface area (Å²) in [5, 5.41) is 11.2. The normalized spacial score (nSPS) is 10.4. The summed E-state index contributed by atoms with van der Waals surface area (Å²) in [6.45, 7) is 0. The van der Waals surface area contributed by atoms with Gasteiger partial charge in [0.15, 0.2) is 0 Å². The fraction of sp³-hybridized carbons (Fsp3) is 0. The Bertz CT molecular complexity index is 322. The molecular weight excluding hydrogens is 132 g/mol. The molecule has 2 heterocycles. The zero-order valence-corrected chi connectivity index (χ0v) is 5.02. The van der Waals surface area contributed by atoms with Gasteiger partial charge >= 0.3 is 0 Å². The molecule has 0 fully saturated rings. The Kier molecular flexibility index (Phi) is 0.887. The van der Waals surface area contributed by atoms with E-state index < -0.39 is 0 Å². The Morgan fingerprint density at radius 2 is 2.50 bits per heavy atom. The van der Waals surface area contributed by atoms with Crippen LogP contribution in [-0.2, 0) is 0 Å². The third-order valence-electron chi connectivity index (χ3n) is 1.24. The van der Waals surface area contributed by atoms with Gasteiger partial charge in [-0.3, -0.25) is 10.2 Å². The third-order valence-corrected chi connectivity index (χ3v) is 1.24. The van der Waals surface area contributed by atoms with Crippen molar-refractivity contribution in [2.24, 2.45) is 0 Å². The molecule has 10 heavy (non-hydrogen) atoms. The summed E-state index contributed by atoms with van der Waals surface area (Å²) >= 11 is 0. The first-order valence-corrected chi connectivity index (χ1v) is 2.79. The third kappa shape index (κ3) is 0.621. The van der Waals surface area contributed by atoms with Gasteiger partial charge in [-0.1, -0.05) is 0 Å². The molecule has 0 aliphatic carbocycles. The zero-order chi connectivity index (χ0) is 6.97. The van der Waals surface area contributed by atoms with Gasteiger partial charge in [-0.15, -0.1) is 0 Å². The van der Waals surface area contributed by atoms with Crippen molar-refractivity contribution in [1.29, 1.82) is 0 Å². The van der Waals surface area contributed by atoms with E-state index >= 15 is 0 Å². The first-order chi connectivity index (χ1) is 4.86. The molecule has 0 radical (unpaired) electrons. The average molecular weight is 136 g/mol. The lowest BCUT2D eigenvalue weighted by molar-refractivity contribution is -0.788. The molecule has 0 N–H and O–H groups in total. The first-order valence-electron chi connectivity index (χ1n) is 2.79. The van der Waals surface area contributed by atoms with Crippen molar-refractivity contribution in [3.8, 4) is 0 Å². The Hall–Kier alpha value is -1.58. The van der Waals surface area contributed by atoms with E-state index in [2.05, 4.69) is 9.51 Å². The van der Waals surface area contributed by atoms with Gasteiger partial charge in [0.05, 0.1) is 11.0 Å². The molecule has 0 saturated carbocycles. The maximum Gasteiger partial charge on any atom is 0.243 e. The van der Waals surface area contributed by atoms with E-state index in [0.717, 1.165) is 5.39 Å². The summed E-state index contributed by atoms with van der Waals surface area (Å²) < 4.78 is 4.69. The Morgan fingerprint density at radius 3 is 3.30 bits per heavy atom. The lowest BCUT2D eigenvalue weighted by Crippen LogP contribution is -2.19. The van der Waals surface area contributed by atoms with E-state index in [9.17, 15) is 5.21 Å². The number of pyridine rings is 1. The van der Waals surface area contributed by atoms with Crippen LogP contribution >= 0.6 is 0 Å². The first kappa shape index (κ1) is 5.22. The number of fused-ring (bicyclic) bond motifs is 1. The number of aromatic nitrogens is 2. The van der Waals surface area contributed by atoms with Gasteiger partial charge in [0.25, 0.3) is 0 Å². The van der Waals surface area contributed by atoms with Crippen LogP contribution in [0.4, 0.5) is 0 Å². The Morgan fingerprint density at radius 1 is 1.60 bits per heavy atom. The fourth-order valence-electron chi connectivity index (χ4n) is 0.811. The minimum Gasteiger partial charge on any atom is -0.367 e. The minimum atomic E-state index is 0.409. The van der Waals surface area contributed by atoms with Crippen LogP contribution in [0.25, 0.3) is 11.0 Å². The molecule has 2 aromatic heterocycles. The number of rotatable bonds is 0. The molecule has 0 unspecified atom stereocenters. The number of hydrogen-bond donors (Lipinski definition) is 0.